The first-order chi connectivity index (χ1) is 6.57. The molecule has 14 heavy (non-hydrogen) atoms. The Morgan fingerprint density at radius 1 is 1.64 bits per heavy atom. The van der Waals surface area contributed by atoms with Gasteiger partial charge in [0.2, 0.25) is 0 Å². The molecular formula is C9H10NO3P. The predicted molar refractivity (Wildman–Crippen MR) is 52.2 cm³/mol. The lowest BCUT2D eigenvalue weighted by molar-refractivity contribution is 0.381. The average molecular weight is 211 g/mol. The molecular weight excluding hydrogens is 201 g/mol. The van der Waals surface area contributed by atoms with E-state index in [0.717, 1.165) is 0 Å². The van der Waals surface area contributed by atoms with E-state index in [-0.39, 0.29) is 11.9 Å². The normalized spacial score (nSPS) is 14.1. The first-order valence-electron chi connectivity index (χ1n) is 4.09. The highest BCUT2D eigenvalue weighted by molar-refractivity contribution is 7.53. The summed E-state index contributed by atoms with van der Waals surface area (Å²) < 4.78 is 16.1. The number of benzene rings is 1. The van der Waals surface area contributed by atoms with Crippen molar-refractivity contribution in [2.75, 3.05) is 6.16 Å². The molecule has 4 nitrogen and oxygen atoms in total. The molecule has 0 heterocycles. The standard InChI is InChI=1S/C9H10NO3P/c1-2-14(11,12)13-9-5-3-4-8(6-9)7-10/h3-6H,2H2,1H3,(H,11,12). The second-order valence-corrected chi connectivity index (χ2v) is 4.77. The first kappa shape index (κ1) is 10.8. The van der Waals surface area contributed by atoms with Gasteiger partial charge in [0, 0.05) is 0 Å². The third-order valence-electron chi connectivity index (χ3n) is 1.61. The molecule has 0 saturated heterocycles. The Balaban J connectivity index is 2.88. The van der Waals surface area contributed by atoms with Crippen LogP contribution < -0.4 is 4.52 Å². The average Bonchev–Trinajstić information content (AvgIpc) is 2.17. The van der Waals surface area contributed by atoms with Gasteiger partial charge in [-0.05, 0) is 18.2 Å². The minimum Gasteiger partial charge on any atom is -0.424 e. The van der Waals surface area contributed by atoms with Crippen molar-refractivity contribution in [1.29, 1.82) is 5.26 Å². The van der Waals surface area contributed by atoms with Crippen LogP contribution in [0.15, 0.2) is 24.3 Å². The maximum absolute atomic E-state index is 11.2. The fourth-order valence-corrected chi connectivity index (χ4v) is 1.42. The Kier molecular flexibility index (Phi) is 3.29. The van der Waals surface area contributed by atoms with E-state index in [1.54, 1.807) is 25.1 Å². The van der Waals surface area contributed by atoms with Crippen LogP contribution in [-0.2, 0) is 4.57 Å². The number of hydrogen-bond acceptors (Lipinski definition) is 3. The van der Waals surface area contributed by atoms with E-state index in [9.17, 15) is 9.46 Å². The lowest BCUT2D eigenvalue weighted by atomic mass is 10.2. The molecule has 1 aromatic rings. The van der Waals surface area contributed by atoms with Gasteiger partial charge in [-0.3, -0.25) is 0 Å². The molecule has 0 aliphatic carbocycles. The molecule has 0 spiro atoms. The number of nitriles is 1. The van der Waals surface area contributed by atoms with Gasteiger partial charge in [-0.15, -0.1) is 0 Å². The third-order valence-corrected chi connectivity index (χ3v) is 2.91. The van der Waals surface area contributed by atoms with Crippen molar-refractivity contribution in [3.63, 3.8) is 0 Å². The minimum absolute atomic E-state index is 0.0454. The van der Waals surface area contributed by atoms with Gasteiger partial charge < -0.3 is 9.42 Å². The number of hydrogen-bond donors (Lipinski definition) is 1. The summed E-state index contributed by atoms with van der Waals surface area (Å²) in [7, 11) is -3.54. The predicted octanol–water partition coefficient (Wildman–Crippen LogP) is 2.14. The van der Waals surface area contributed by atoms with Crippen molar-refractivity contribution in [3.05, 3.63) is 29.8 Å². The highest BCUT2D eigenvalue weighted by atomic mass is 31.2. The van der Waals surface area contributed by atoms with E-state index in [2.05, 4.69) is 0 Å². The van der Waals surface area contributed by atoms with Gasteiger partial charge in [0.05, 0.1) is 17.8 Å². The molecule has 0 bridgehead atoms. The molecule has 1 aromatic carbocycles. The van der Waals surface area contributed by atoms with E-state index in [4.69, 9.17) is 9.79 Å². The van der Waals surface area contributed by atoms with Gasteiger partial charge in [0.25, 0.3) is 0 Å². The van der Waals surface area contributed by atoms with Gasteiger partial charge in [0.1, 0.15) is 5.75 Å². The van der Waals surface area contributed by atoms with E-state index in [1.165, 1.54) is 6.07 Å². The van der Waals surface area contributed by atoms with Gasteiger partial charge in [-0.1, -0.05) is 13.0 Å². The molecule has 0 saturated carbocycles. The van der Waals surface area contributed by atoms with E-state index in [0.29, 0.717) is 5.56 Å². The maximum atomic E-state index is 11.2. The van der Waals surface area contributed by atoms with Crippen LogP contribution in [0.5, 0.6) is 5.75 Å². The molecule has 1 unspecified atom stereocenters. The quantitative estimate of drug-likeness (QED) is 0.777. The van der Waals surface area contributed by atoms with Crippen LogP contribution in [-0.4, -0.2) is 11.1 Å². The molecule has 0 aliphatic heterocycles. The minimum atomic E-state index is -3.54. The molecule has 74 valence electrons. The Hall–Kier alpha value is -1.30. The zero-order chi connectivity index (χ0) is 10.6. The zero-order valence-electron chi connectivity index (χ0n) is 7.67. The molecule has 0 fully saturated rings. The third kappa shape index (κ3) is 2.88. The lowest BCUT2D eigenvalue weighted by Crippen LogP contribution is -1.94. The van der Waals surface area contributed by atoms with Crippen LogP contribution in [0.3, 0.4) is 0 Å². The summed E-state index contributed by atoms with van der Waals surface area (Å²) in [5.41, 5.74) is 0.401. The monoisotopic (exact) mass is 211 g/mol. The molecule has 0 aromatic heterocycles. The van der Waals surface area contributed by atoms with Crippen LogP contribution in [0.2, 0.25) is 0 Å². The fraction of sp³-hybridized carbons (Fsp3) is 0.222. The van der Waals surface area contributed by atoms with Crippen molar-refractivity contribution in [1.82, 2.24) is 0 Å². The molecule has 1 N–H and O–H groups in total. The SMILES string of the molecule is CCP(=O)(O)Oc1cccc(C#N)c1. The van der Waals surface area contributed by atoms with Crippen molar-refractivity contribution < 1.29 is 14.0 Å². The Morgan fingerprint density at radius 3 is 2.93 bits per heavy atom. The van der Waals surface area contributed by atoms with Crippen molar-refractivity contribution >= 4 is 7.60 Å². The lowest BCUT2D eigenvalue weighted by Gasteiger charge is -2.10. The van der Waals surface area contributed by atoms with E-state index < -0.39 is 7.60 Å². The summed E-state index contributed by atoms with van der Waals surface area (Å²) in [5.74, 6) is 0.247. The number of nitrogens with zero attached hydrogens (tertiary/aromatic N) is 1. The Morgan fingerprint density at radius 2 is 2.36 bits per heavy atom. The van der Waals surface area contributed by atoms with Crippen LogP contribution in [0.4, 0.5) is 0 Å². The summed E-state index contributed by atoms with van der Waals surface area (Å²) in [4.78, 5) is 9.19. The van der Waals surface area contributed by atoms with Gasteiger partial charge in [-0.25, -0.2) is 4.57 Å². The van der Waals surface area contributed by atoms with Gasteiger partial charge >= 0.3 is 7.60 Å². The number of rotatable bonds is 3. The molecule has 0 radical (unpaired) electrons. The molecule has 5 heteroatoms. The summed E-state index contributed by atoms with van der Waals surface area (Å²) in [6.45, 7) is 1.56. The van der Waals surface area contributed by atoms with Gasteiger partial charge in [0.15, 0.2) is 0 Å². The first-order valence-corrected chi connectivity index (χ1v) is 5.85. The second kappa shape index (κ2) is 4.28. The molecule has 0 aliphatic rings. The molecule has 0 amide bonds. The molecule has 1 atom stereocenters. The fourth-order valence-electron chi connectivity index (χ4n) is 0.852. The van der Waals surface area contributed by atoms with Crippen LogP contribution in [0, 0.1) is 11.3 Å². The summed E-state index contributed by atoms with van der Waals surface area (Å²) in [6.07, 6.45) is 0.0454. The highest BCUT2D eigenvalue weighted by Gasteiger charge is 2.17. The topological polar surface area (TPSA) is 70.3 Å². The summed E-state index contributed by atoms with van der Waals surface area (Å²) in [6, 6.07) is 8.09. The second-order valence-electron chi connectivity index (χ2n) is 2.68. The maximum Gasteiger partial charge on any atom is 0.376 e. The van der Waals surface area contributed by atoms with Crippen molar-refractivity contribution in [2.24, 2.45) is 0 Å². The smallest absolute Gasteiger partial charge is 0.376 e. The van der Waals surface area contributed by atoms with Crippen LogP contribution in [0.25, 0.3) is 0 Å². The van der Waals surface area contributed by atoms with Crippen LogP contribution >= 0.6 is 7.60 Å². The Bertz CT molecular complexity index is 411. The van der Waals surface area contributed by atoms with Crippen molar-refractivity contribution in [2.45, 2.75) is 6.92 Å². The largest absolute Gasteiger partial charge is 0.424 e. The van der Waals surface area contributed by atoms with E-state index in [1.807, 2.05) is 6.07 Å². The highest BCUT2D eigenvalue weighted by Crippen LogP contribution is 2.41. The van der Waals surface area contributed by atoms with Crippen LogP contribution in [0.1, 0.15) is 12.5 Å². The Labute approximate surface area is 82.3 Å². The van der Waals surface area contributed by atoms with Crippen molar-refractivity contribution in [3.8, 4) is 11.8 Å². The van der Waals surface area contributed by atoms with Gasteiger partial charge in [-0.2, -0.15) is 5.26 Å². The van der Waals surface area contributed by atoms with E-state index >= 15 is 0 Å². The summed E-state index contributed by atoms with van der Waals surface area (Å²) in [5, 5.41) is 8.58. The zero-order valence-corrected chi connectivity index (χ0v) is 8.57. The molecule has 1 rings (SSSR count). The summed E-state index contributed by atoms with van der Waals surface area (Å²) >= 11 is 0.